The summed E-state index contributed by atoms with van der Waals surface area (Å²) >= 11 is 0. The van der Waals surface area contributed by atoms with E-state index in [0.29, 0.717) is 0 Å². The van der Waals surface area contributed by atoms with Gasteiger partial charge in [0.15, 0.2) is 0 Å². The third-order valence-corrected chi connectivity index (χ3v) is 1.03. The summed E-state index contributed by atoms with van der Waals surface area (Å²) in [5, 5.41) is 9.70. The van der Waals surface area contributed by atoms with Crippen molar-refractivity contribution in [3.8, 4) is 6.07 Å². The Kier molecular flexibility index (Phi) is 3.54. The van der Waals surface area contributed by atoms with Gasteiger partial charge in [-0.15, -0.1) is 0 Å². The monoisotopic (exact) mass is 180 g/mol. The molecule has 0 aromatic heterocycles. The highest BCUT2D eigenvalue weighted by Crippen LogP contribution is 2.14. The topological polar surface area (TPSA) is 52.9 Å². The predicted octanol–water partition coefficient (Wildman–Crippen LogP) is 0.967. The molecule has 0 saturated carbocycles. The Balaban J connectivity index is 3.95. The second-order valence-corrected chi connectivity index (χ2v) is 2.23. The molecule has 0 heterocycles. The number of hydrogen-bond acceptors (Lipinski definition) is 2. The zero-order valence-corrected chi connectivity index (χ0v) is 6.27. The zero-order valence-electron chi connectivity index (χ0n) is 6.27. The van der Waals surface area contributed by atoms with Gasteiger partial charge in [-0.1, -0.05) is 0 Å². The summed E-state index contributed by atoms with van der Waals surface area (Å²) in [5.41, 5.74) is 0. The van der Waals surface area contributed by atoms with Crippen LogP contribution in [0.25, 0.3) is 0 Å². The van der Waals surface area contributed by atoms with Gasteiger partial charge in [0.1, 0.15) is 0 Å². The molecule has 1 amide bonds. The molecule has 0 aliphatic carbocycles. The number of carbonyl (C=O) groups excluding carboxylic acids is 1. The molecule has 0 aromatic carbocycles. The Hall–Kier alpha value is -1.25. The number of amides is 1. The van der Waals surface area contributed by atoms with Crippen LogP contribution in [0.3, 0.4) is 0 Å². The second kappa shape index (κ2) is 3.95. The lowest BCUT2D eigenvalue weighted by molar-refractivity contribution is -0.174. The third-order valence-electron chi connectivity index (χ3n) is 1.03. The second-order valence-electron chi connectivity index (χ2n) is 2.23. The van der Waals surface area contributed by atoms with E-state index < -0.39 is 18.1 Å². The molecule has 0 radical (unpaired) electrons. The van der Waals surface area contributed by atoms with E-state index in [0.717, 1.165) is 0 Å². The lowest BCUT2D eigenvalue weighted by atomic mass is 10.2. The molecule has 0 rings (SSSR count). The first-order chi connectivity index (χ1) is 5.38. The summed E-state index contributed by atoms with van der Waals surface area (Å²) in [5.74, 6) is -2.01. The molecule has 3 nitrogen and oxygen atoms in total. The fourth-order valence-corrected chi connectivity index (χ4v) is 0.494. The van der Waals surface area contributed by atoms with Crippen molar-refractivity contribution in [2.45, 2.75) is 25.6 Å². The van der Waals surface area contributed by atoms with Gasteiger partial charge in [0, 0.05) is 6.04 Å². The molecule has 68 valence electrons. The number of alkyl halides is 3. The van der Waals surface area contributed by atoms with Gasteiger partial charge in [-0.05, 0) is 6.92 Å². The lowest BCUT2D eigenvalue weighted by Crippen LogP contribution is -2.41. The molecule has 0 fully saturated rings. The number of carbonyl (C=O) groups is 1. The number of hydrogen-bond donors (Lipinski definition) is 1. The highest BCUT2D eigenvalue weighted by molar-refractivity contribution is 5.81. The Morgan fingerprint density at radius 2 is 2.17 bits per heavy atom. The van der Waals surface area contributed by atoms with Gasteiger partial charge in [-0.3, -0.25) is 4.79 Å². The third kappa shape index (κ3) is 3.81. The van der Waals surface area contributed by atoms with Gasteiger partial charge < -0.3 is 5.32 Å². The lowest BCUT2D eigenvalue weighted by Gasteiger charge is -2.11. The largest absolute Gasteiger partial charge is 0.471 e. The van der Waals surface area contributed by atoms with Crippen LogP contribution in [0, 0.1) is 11.3 Å². The minimum atomic E-state index is -4.87. The molecule has 0 spiro atoms. The van der Waals surface area contributed by atoms with Crippen molar-refractivity contribution in [3.05, 3.63) is 0 Å². The highest BCUT2D eigenvalue weighted by Gasteiger charge is 2.39. The molecule has 0 aliphatic rings. The number of nitrogens with zero attached hydrogens (tertiary/aromatic N) is 1. The molecular formula is C6H7F3N2O. The van der Waals surface area contributed by atoms with Crippen LogP contribution in [0.15, 0.2) is 0 Å². The summed E-state index contributed by atoms with van der Waals surface area (Å²) in [6.07, 6.45) is -5.01. The maximum absolute atomic E-state index is 11.6. The fourth-order valence-electron chi connectivity index (χ4n) is 0.494. The van der Waals surface area contributed by atoms with E-state index in [2.05, 4.69) is 0 Å². The van der Waals surface area contributed by atoms with Crippen LogP contribution in [0.2, 0.25) is 0 Å². The molecular weight excluding hydrogens is 173 g/mol. The van der Waals surface area contributed by atoms with Gasteiger partial charge in [0.05, 0.1) is 12.5 Å². The van der Waals surface area contributed by atoms with E-state index in [9.17, 15) is 18.0 Å². The van der Waals surface area contributed by atoms with Crippen molar-refractivity contribution >= 4 is 5.91 Å². The van der Waals surface area contributed by atoms with Gasteiger partial charge in [0.25, 0.3) is 0 Å². The maximum Gasteiger partial charge on any atom is 0.471 e. The van der Waals surface area contributed by atoms with Crippen LogP contribution >= 0.6 is 0 Å². The first-order valence-corrected chi connectivity index (χ1v) is 3.12. The van der Waals surface area contributed by atoms with Gasteiger partial charge in [0.2, 0.25) is 0 Å². The van der Waals surface area contributed by atoms with Crippen LogP contribution in [0.4, 0.5) is 13.2 Å². The first-order valence-electron chi connectivity index (χ1n) is 3.12. The molecule has 0 saturated heterocycles. The van der Waals surface area contributed by atoms with Crippen LogP contribution in [-0.2, 0) is 4.79 Å². The van der Waals surface area contributed by atoms with E-state index in [1.165, 1.54) is 6.92 Å². The van der Waals surface area contributed by atoms with Crippen molar-refractivity contribution in [2.75, 3.05) is 0 Å². The average molecular weight is 180 g/mol. The van der Waals surface area contributed by atoms with Gasteiger partial charge >= 0.3 is 12.1 Å². The SMILES string of the molecule is CC(CC#N)NC(=O)C(F)(F)F. The number of nitriles is 1. The Labute approximate surface area is 67.2 Å². The summed E-state index contributed by atoms with van der Waals surface area (Å²) in [7, 11) is 0. The molecule has 0 aromatic rings. The summed E-state index contributed by atoms with van der Waals surface area (Å²) < 4.78 is 34.7. The first kappa shape index (κ1) is 10.8. The Morgan fingerprint density at radius 1 is 1.67 bits per heavy atom. The van der Waals surface area contributed by atoms with E-state index in [4.69, 9.17) is 5.26 Å². The molecule has 0 aliphatic heterocycles. The predicted molar refractivity (Wildman–Crippen MR) is 33.9 cm³/mol. The maximum atomic E-state index is 11.6. The molecule has 1 unspecified atom stereocenters. The Bertz CT molecular complexity index is 206. The normalized spacial score (nSPS) is 13.2. The average Bonchev–Trinajstić information content (AvgIpc) is 1.85. The zero-order chi connectivity index (χ0) is 9.78. The molecule has 1 atom stereocenters. The standard InChI is InChI=1S/C6H7F3N2O/c1-4(2-3-10)11-5(12)6(7,8)9/h4H,2H2,1H3,(H,11,12). The highest BCUT2D eigenvalue weighted by atomic mass is 19.4. The van der Waals surface area contributed by atoms with Crippen LogP contribution in [0.1, 0.15) is 13.3 Å². The number of halogens is 3. The van der Waals surface area contributed by atoms with Crippen LogP contribution in [0.5, 0.6) is 0 Å². The smallest absolute Gasteiger partial charge is 0.345 e. The number of rotatable bonds is 2. The van der Waals surface area contributed by atoms with E-state index in [-0.39, 0.29) is 6.42 Å². The van der Waals surface area contributed by atoms with Crippen molar-refractivity contribution in [2.24, 2.45) is 0 Å². The van der Waals surface area contributed by atoms with E-state index in [1.54, 1.807) is 11.4 Å². The quantitative estimate of drug-likeness (QED) is 0.688. The van der Waals surface area contributed by atoms with Crippen molar-refractivity contribution < 1.29 is 18.0 Å². The van der Waals surface area contributed by atoms with E-state index >= 15 is 0 Å². The van der Waals surface area contributed by atoms with Crippen molar-refractivity contribution in [1.29, 1.82) is 5.26 Å². The fraction of sp³-hybridized carbons (Fsp3) is 0.667. The van der Waals surface area contributed by atoms with Crippen molar-refractivity contribution in [1.82, 2.24) is 5.32 Å². The van der Waals surface area contributed by atoms with Gasteiger partial charge in [-0.2, -0.15) is 18.4 Å². The molecule has 12 heavy (non-hydrogen) atoms. The summed E-state index contributed by atoms with van der Waals surface area (Å²) in [6.45, 7) is 1.33. The van der Waals surface area contributed by atoms with Crippen molar-refractivity contribution in [3.63, 3.8) is 0 Å². The minimum absolute atomic E-state index is 0.137. The summed E-state index contributed by atoms with van der Waals surface area (Å²) in [4.78, 5) is 10.2. The Morgan fingerprint density at radius 3 is 2.50 bits per heavy atom. The van der Waals surface area contributed by atoms with Gasteiger partial charge in [-0.25, -0.2) is 0 Å². The molecule has 1 N–H and O–H groups in total. The number of nitrogens with one attached hydrogen (secondary N) is 1. The van der Waals surface area contributed by atoms with Crippen LogP contribution < -0.4 is 5.32 Å². The van der Waals surface area contributed by atoms with E-state index in [1.807, 2.05) is 0 Å². The van der Waals surface area contributed by atoms with Crippen LogP contribution in [-0.4, -0.2) is 18.1 Å². The summed E-state index contributed by atoms with van der Waals surface area (Å²) in [6, 6.07) is 0.868. The molecule has 0 bridgehead atoms. The molecule has 6 heteroatoms. The minimum Gasteiger partial charge on any atom is -0.345 e.